The molecule has 4 rings (SSSR count). The molecule has 0 amide bonds. The maximum absolute atomic E-state index is 13.0. The monoisotopic (exact) mass is 378 g/mol. The van der Waals surface area contributed by atoms with Crippen LogP contribution in [-0.2, 0) is 6.18 Å². The number of piperazine rings is 1. The van der Waals surface area contributed by atoms with E-state index in [9.17, 15) is 13.2 Å². The van der Waals surface area contributed by atoms with Gasteiger partial charge in [-0.25, -0.2) is 0 Å². The minimum atomic E-state index is -4.34. The number of piperidine rings is 1. The highest BCUT2D eigenvalue weighted by molar-refractivity contribution is 5.92. The van der Waals surface area contributed by atoms with Gasteiger partial charge in [0.1, 0.15) is 0 Å². The van der Waals surface area contributed by atoms with Gasteiger partial charge in [0, 0.05) is 56.0 Å². The Balaban J connectivity index is 1.50. The first kappa shape index (κ1) is 18.5. The Labute approximate surface area is 157 Å². The highest BCUT2D eigenvalue weighted by atomic mass is 19.4. The third-order valence-corrected chi connectivity index (χ3v) is 5.82. The van der Waals surface area contributed by atoms with Crippen molar-refractivity contribution in [2.75, 3.05) is 51.2 Å². The third kappa shape index (κ3) is 3.89. The van der Waals surface area contributed by atoms with Crippen molar-refractivity contribution in [1.82, 2.24) is 14.8 Å². The molecule has 0 radical (unpaired) electrons. The molecule has 0 N–H and O–H groups in total. The molecule has 27 heavy (non-hydrogen) atoms. The summed E-state index contributed by atoms with van der Waals surface area (Å²) in [6.45, 7) is 6.06. The van der Waals surface area contributed by atoms with Crippen molar-refractivity contribution < 1.29 is 13.2 Å². The number of rotatable bonds is 2. The number of halogens is 3. The first-order chi connectivity index (χ1) is 12.9. The number of hydrogen-bond donors (Lipinski definition) is 0. The quantitative estimate of drug-likeness (QED) is 0.798. The predicted octanol–water partition coefficient (Wildman–Crippen LogP) is 3.47. The molecule has 0 aliphatic carbocycles. The third-order valence-electron chi connectivity index (χ3n) is 5.82. The molecular weight excluding hydrogens is 353 g/mol. The van der Waals surface area contributed by atoms with Gasteiger partial charge in [0.15, 0.2) is 0 Å². The van der Waals surface area contributed by atoms with Gasteiger partial charge in [-0.2, -0.15) is 13.2 Å². The molecule has 2 aromatic rings. The van der Waals surface area contributed by atoms with E-state index in [1.165, 1.54) is 19.4 Å². The molecule has 4 nitrogen and oxygen atoms in total. The van der Waals surface area contributed by atoms with E-state index in [4.69, 9.17) is 0 Å². The van der Waals surface area contributed by atoms with Crippen LogP contribution in [-0.4, -0.2) is 67.1 Å². The molecule has 1 aromatic carbocycles. The first-order valence-electron chi connectivity index (χ1n) is 9.55. The zero-order valence-electron chi connectivity index (χ0n) is 15.5. The molecule has 0 saturated carbocycles. The Morgan fingerprint density at radius 1 is 1.04 bits per heavy atom. The summed E-state index contributed by atoms with van der Waals surface area (Å²) in [7, 11) is 2.18. The van der Waals surface area contributed by atoms with Gasteiger partial charge >= 0.3 is 6.18 Å². The van der Waals surface area contributed by atoms with Crippen LogP contribution in [0.25, 0.3) is 10.9 Å². The number of hydrogen-bond acceptors (Lipinski definition) is 4. The molecule has 146 valence electrons. The van der Waals surface area contributed by atoms with Gasteiger partial charge < -0.3 is 9.80 Å². The van der Waals surface area contributed by atoms with E-state index in [1.54, 1.807) is 12.3 Å². The number of nitrogens with zero attached hydrogens (tertiary/aromatic N) is 4. The van der Waals surface area contributed by atoms with Gasteiger partial charge in [0.05, 0.1) is 11.1 Å². The summed E-state index contributed by atoms with van der Waals surface area (Å²) in [6, 6.07) is 6.39. The number of anilines is 1. The number of alkyl halides is 3. The lowest BCUT2D eigenvalue weighted by atomic mass is 10.0. The zero-order chi connectivity index (χ0) is 19.0. The molecule has 2 aliphatic heterocycles. The van der Waals surface area contributed by atoms with E-state index in [0.29, 0.717) is 11.6 Å². The number of benzene rings is 1. The van der Waals surface area contributed by atoms with Crippen LogP contribution in [0.4, 0.5) is 18.9 Å². The average Bonchev–Trinajstić information content (AvgIpc) is 2.66. The van der Waals surface area contributed by atoms with Crippen LogP contribution in [0, 0.1) is 0 Å². The van der Waals surface area contributed by atoms with Gasteiger partial charge in [0.2, 0.25) is 0 Å². The number of likely N-dealkylation sites (N-methyl/N-ethyl adjacent to an activating group) is 1. The highest BCUT2D eigenvalue weighted by Gasteiger charge is 2.31. The number of likely N-dealkylation sites (tertiary alicyclic amines) is 1. The Kier molecular flexibility index (Phi) is 4.99. The van der Waals surface area contributed by atoms with E-state index < -0.39 is 11.7 Å². The van der Waals surface area contributed by atoms with Crippen molar-refractivity contribution in [2.45, 2.75) is 25.1 Å². The summed E-state index contributed by atoms with van der Waals surface area (Å²) < 4.78 is 38.9. The molecule has 1 unspecified atom stereocenters. The molecule has 0 spiro atoms. The van der Waals surface area contributed by atoms with Crippen molar-refractivity contribution in [3.8, 4) is 0 Å². The summed E-state index contributed by atoms with van der Waals surface area (Å²) in [5.74, 6) is 0. The van der Waals surface area contributed by atoms with E-state index >= 15 is 0 Å². The Bertz CT molecular complexity index is 799. The minimum absolute atomic E-state index is 0.402. The summed E-state index contributed by atoms with van der Waals surface area (Å²) in [4.78, 5) is 11.4. The molecule has 7 heteroatoms. The standard InChI is InChI=1S/C20H25F3N4/c1-25-8-2-3-16(14-25)26-9-11-27(12-10-26)19-6-7-24-18-13-15(20(21,22)23)4-5-17(18)19/h4-7,13,16H,2-3,8-12,14H2,1H3. The Morgan fingerprint density at radius 2 is 1.81 bits per heavy atom. The maximum Gasteiger partial charge on any atom is 0.416 e. The smallest absolute Gasteiger partial charge is 0.368 e. The van der Waals surface area contributed by atoms with Gasteiger partial charge in [-0.05, 0) is 44.6 Å². The second-order valence-corrected chi connectivity index (χ2v) is 7.64. The zero-order valence-corrected chi connectivity index (χ0v) is 15.5. The minimum Gasteiger partial charge on any atom is -0.368 e. The lowest BCUT2D eigenvalue weighted by Gasteiger charge is -2.43. The van der Waals surface area contributed by atoms with Crippen molar-refractivity contribution in [3.05, 3.63) is 36.0 Å². The molecular formula is C20H25F3N4. The summed E-state index contributed by atoms with van der Waals surface area (Å²) in [6.07, 6.45) is -0.231. The molecule has 1 atom stereocenters. The summed E-state index contributed by atoms with van der Waals surface area (Å²) >= 11 is 0. The van der Waals surface area contributed by atoms with Crippen molar-refractivity contribution in [1.29, 1.82) is 0 Å². The number of fused-ring (bicyclic) bond motifs is 1. The molecule has 2 fully saturated rings. The maximum atomic E-state index is 13.0. The van der Waals surface area contributed by atoms with Gasteiger partial charge in [-0.1, -0.05) is 6.07 Å². The van der Waals surface area contributed by atoms with E-state index in [2.05, 4.69) is 26.7 Å². The fraction of sp³-hybridized carbons (Fsp3) is 0.550. The first-order valence-corrected chi connectivity index (χ1v) is 9.55. The SMILES string of the molecule is CN1CCCC(N2CCN(c3ccnc4cc(C(F)(F)F)ccc34)CC2)C1. The molecule has 2 aliphatic rings. The van der Waals surface area contributed by atoms with Crippen molar-refractivity contribution >= 4 is 16.6 Å². The highest BCUT2D eigenvalue weighted by Crippen LogP contribution is 2.34. The van der Waals surface area contributed by atoms with Crippen LogP contribution in [0.1, 0.15) is 18.4 Å². The topological polar surface area (TPSA) is 22.6 Å². The van der Waals surface area contributed by atoms with Crippen LogP contribution in [0.3, 0.4) is 0 Å². The molecule has 0 bridgehead atoms. The average molecular weight is 378 g/mol. The van der Waals surface area contributed by atoms with Gasteiger partial charge in [0.25, 0.3) is 0 Å². The normalized spacial score (nSPS) is 23.1. The van der Waals surface area contributed by atoms with E-state index in [1.807, 2.05) is 6.07 Å². The van der Waals surface area contributed by atoms with Crippen LogP contribution >= 0.6 is 0 Å². The lowest BCUT2D eigenvalue weighted by molar-refractivity contribution is -0.137. The molecule has 2 saturated heterocycles. The summed E-state index contributed by atoms with van der Waals surface area (Å²) in [5, 5.41) is 0.788. The van der Waals surface area contributed by atoms with Crippen LogP contribution in [0.15, 0.2) is 30.5 Å². The molecule has 1 aromatic heterocycles. The fourth-order valence-electron chi connectivity index (χ4n) is 4.35. The Hall–Kier alpha value is -1.86. The molecule has 3 heterocycles. The van der Waals surface area contributed by atoms with Crippen LogP contribution in [0.2, 0.25) is 0 Å². The van der Waals surface area contributed by atoms with Crippen LogP contribution in [0.5, 0.6) is 0 Å². The van der Waals surface area contributed by atoms with Crippen molar-refractivity contribution in [3.63, 3.8) is 0 Å². The van der Waals surface area contributed by atoms with Gasteiger partial charge in [-0.3, -0.25) is 9.88 Å². The van der Waals surface area contributed by atoms with Gasteiger partial charge in [-0.15, -0.1) is 0 Å². The summed E-state index contributed by atoms with van der Waals surface area (Å²) in [5.41, 5.74) is 0.735. The van der Waals surface area contributed by atoms with Crippen molar-refractivity contribution in [2.24, 2.45) is 0 Å². The number of aromatic nitrogens is 1. The predicted molar refractivity (Wildman–Crippen MR) is 101 cm³/mol. The van der Waals surface area contributed by atoms with E-state index in [0.717, 1.165) is 55.9 Å². The lowest BCUT2D eigenvalue weighted by Crippen LogP contribution is -2.54. The van der Waals surface area contributed by atoms with E-state index in [-0.39, 0.29) is 0 Å². The second kappa shape index (κ2) is 7.28. The number of pyridine rings is 1. The Morgan fingerprint density at radius 3 is 2.52 bits per heavy atom. The largest absolute Gasteiger partial charge is 0.416 e. The fourth-order valence-corrected chi connectivity index (χ4v) is 4.35. The second-order valence-electron chi connectivity index (χ2n) is 7.64. The van der Waals surface area contributed by atoms with Crippen LogP contribution < -0.4 is 4.90 Å².